The van der Waals surface area contributed by atoms with Gasteiger partial charge < -0.3 is 15.8 Å². The molecule has 152 valence electrons. The van der Waals surface area contributed by atoms with Crippen LogP contribution in [0.5, 0.6) is 0 Å². The van der Waals surface area contributed by atoms with Crippen molar-refractivity contribution in [2.24, 2.45) is 0 Å². The van der Waals surface area contributed by atoms with Gasteiger partial charge in [-0.05, 0) is 30.5 Å². The summed E-state index contributed by atoms with van der Waals surface area (Å²) in [7, 11) is 1.74. The van der Waals surface area contributed by atoms with Crippen LogP contribution >= 0.6 is 22.9 Å². The van der Waals surface area contributed by atoms with Crippen LogP contribution in [-0.2, 0) is 0 Å². The first kappa shape index (κ1) is 21.9. The van der Waals surface area contributed by atoms with E-state index in [0.29, 0.717) is 27.4 Å². The molecular weight excluding hydrogens is 400 g/mol. The second-order valence-corrected chi connectivity index (χ2v) is 7.74. The Kier molecular flexibility index (Phi) is 7.61. The van der Waals surface area contributed by atoms with Gasteiger partial charge in [0.15, 0.2) is 0 Å². The maximum atomic E-state index is 12.4. The predicted octanol–water partition coefficient (Wildman–Crippen LogP) is 3.88. The number of nitrogens with zero attached hydrogens (tertiary/aromatic N) is 2. The number of aliphatic hydroxyl groups is 1. The molecule has 2 aromatic heterocycles. The van der Waals surface area contributed by atoms with Crippen LogP contribution in [0.4, 0.5) is 21.4 Å². The third-order valence-corrected chi connectivity index (χ3v) is 5.10. The van der Waals surface area contributed by atoms with Crippen LogP contribution in [0.25, 0.3) is 0 Å². The standard InChI is InChI=1S/C18H25ClN6O2S/c1-10(2)13-8-14(22-17(21-4)16(13)11(3)20)25(5-6-26)24-18(27)23-15-7-12(19)9-28-15/h7-10,20,26H,5-6H2,1-4H3,(H,21,22)(H2,23,24,27). The Morgan fingerprint density at radius 1 is 1.43 bits per heavy atom. The van der Waals surface area contributed by atoms with Crippen molar-refractivity contribution in [2.75, 3.05) is 35.8 Å². The van der Waals surface area contributed by atoms with Gasteiger partial charge in [-0.1, -0.05) is 25.4 Å². The zero-order valence-electron chi connectivity index (χ0n) is 16.3. The molecule has 10 heteroatoms. The number of rotatable bonds is 8. The SMILES string of the molecule is CNc1nc(N(CCO)NC(=O)Nc2cc(Cl)cs2)cc(C(C)C)c1C(C)=N. The lowest BCUT2D eigenvalue weighted by Gasteiger charge is -2.26. The summed E-state index contributed by atoms with van der Waals surface area (Å²) in [6.45, 7) is 5.75. The van der Waals surface area contributed by atoms with E-state index >= 15 is 0 Å². The van der Waals surface area contributed by atoms with E-state index in [4.69, 9.17) is 17.0 Å². The minimum Gasteiger partial charge on any atom is -0.394 e. The minimum absolute atomic E-state index is 0.141. The van der Waals surface area contributed by atoms with Crippen molar-refractivity contribution in [3.05, 3.63) is 33.7 Å². The zero-order valence-corrected chi connectivity index (χ0v) is 17.8. The molecule has 0 aliphatic rings. The van der Waals surface area contributed by atoms with Crippen LogP contribution in [-0.4, -0.2) is 42.0 Å². The topological polar surface area (TPSA) is 113 Å². The molecular formula is C18H25ClN6O2S. The molecule has 5 N–H and O–H groups in total. The van der Waals surface area contributed by atoms with Gasteiger partial charge in [-0.15, -0.1) is 11.3 Å². The van der Waals surface area contributed by atoms with Crippen molar-refractivity contribution in [1.29, 1.82) is 5.41 Å². The molecule has 2 heterocycles. The van der Waals surface area contributed by atoms with Crippen LogP contribution in [0.2, 0.25) is 5.02 Å². The number of thiophene rings is 1. The number of anilines is 3. The molecule has 0 saturated carbocycles. The van der Waals surface area contributed by atoms with Crippen LogP contribution in [0.1, 0.15) is 37.8 Å². The van der Waals surface area contributed by atoms with Gasteiger partial charge >= 0.3 is 6.03 Å². The summed E-state index contributed by atoms with van der Waals surface area (Å²) >= 11 is 7.19. The number of hydrogen-bond acceptors (Lipinski definition) is 7. The lowest BCUT2D eigenvalue weighted by Crippen LogP contribution is -2.46. The molecule has 8 nitrogen and oxygen atoms in total. The average Bonchev–Trinajstić information content (AvgIpc) is 3.04. The maximum absolute atomic E-state index is 12.4. The Hall–Kier alpha value is -2.36. The van der Waals surface area contributed by atoms with Gasteiger partial charge in [-0.3, -0.25) is 10.3 Å². The summed E-state index contributed by atoms with van der Waals surface area (Å²) in [5.41, 5.74) is 4.77. The Morgan fingerprint density at radius 3 is 2.64 bits per heavy atom. The minimum atomic E-state index is -0.474. The molecule has 28 heavy (non-hydrogen) atoms. The number of nitrogens with one attached hydrogen (secondary N) is 4. The molecule has 0 aliphatic heterocycles. The number of hydrazine groups is 1. The number of hydrogen-bond donors (Lipinski definition) is 5. The number of urea groups is 1. The smallest absolute Gasteiger partial charge is 0.338 e. The predicted molar refractivity (Wildman–Crippen MR) is 116 cm³/mol. The number of halogens is 1. The number of carbonyl (C=O) groups is 1. The third kappa shape index (κ3) is 5.34. The number of amides is 2. The average molecular weight is 425 g/mol. The van der Waals surface area contributed by atoms with Crippen LogP contribution in [0.3, 0.4) is 0 Å². The van der Waals surface area contributed by atoms with Crippen LogP contribution in [0, 0.1) is 5.41 Å². The first-order chi connectivity index (χ1) is 13.3. The van der Waals surface area contributed by atoms with E-state index in [-0.39, 0.29) is 19.1 Å². The molecule has 0 radical (unpaired) electrons. The van der Waals surface area contributed by atoms with Crippen LogP contribution < -0.4 is 21.1 Å². The van der Waals surface area contributed by atoms with Gasteiger partial charge in [0, 0.05) is 23.7 Å². The molecule has 0 aromatic carbocycles. The van der Waals surface area contributed by atoms with Gasteiger partial charge in [-0.25, -0.2) is 15.2 Å². The largest absolute Gasteiger partial charge is 0.394 e. The van der Waals surface area contributed by atoms with E-state index in [1.54, 1.807) is 25.4 Å². The fourth-order valence-electron chi connectivity index (χ4n) is 2.69. The number of aromatic nitrogens is 1. The summed E-state index contributed by atoms with van der Waals surface area (Å²) in [5, 5.41) is 27.6. The lowest BCUT2D eigenvalue weighted by molar-refractivity contribution is 0.248. The normalized spacial score (nSPS) is 10.7. The second kappa shape index (κ2) is 9.72. The second-order valence-electron chi connectivity index (χ2n) is 6.39. The van der Waals surface area contributed by atoms with E-state index in [0.717, 1.165) is 11.1 Å². The van der Waals surface area contributed by atoms with Crippen molar-refractivity contribution in [1.82, 2.24) is 10.4 Å². The molecule has 0 saturated heterocycles. The molecule has 0 bridgehead atoms. The Balaban J connectivity index is 2.34. The number of aliphatic hydroxyl groups excluding tert-OH is 1. The number of carbonyl (C=O) groups excluding carboxylic acids is 1. The molecule has 0 spiro atoms. The zero-order chi connectivity index (χ0) is 20.8. The summed E-state index contributed by atoms with van der Waals surface area (Å²) < 4.78 is 0. The molecule has 0 unspecified atom stereocenters. The fourth-order valence-corrected chi connectivity index (χ4v) is 3.65. The molecule has 0 fully saturated rings. The quantitative estimate of drug-likeness (QED) is 0.326. The monoisotopic (exact) mass is 424 g/mol. The van der Waals surface area contributed by atoms with E-state index in [2.05, 4.69) is 21.0 Å². The van der Waals surface area contributed by atoms with Crippen molar-refractivity contribution >= 4 is 51.3 Å². The van der Waals surface area contributed by atoms with Gasteiger partial charge in [0.25, 0.3) is 0 Å². The molecule has 0 atom stereocenters. The summed E-state index contributed by atoms with van der Waals surface area (Å²) in [6.07, 6.45) is 0. The molecule has 2 amide bonds. The first-order valence-corrected chi connectivity index (χ1v) is 10.0. The summed E-state index contributed by atoms with van der Waals surface area (Å²) in [4.78, 5) is 16.9. The van der Waals surface area contributed by atoms with Crippen molar-refractivity contribution in [3.8, 4) is 0 Å². The van der Waals surface area contributed by atoms with E-state index in [1.165, 1.54) is 16.3 Å². The van der Waals surface area contributed by atoms with E-state index in [1.807, 2.05) is 19.9 Å². The van der Waals surface area contributed by atoms with Gasteiger partial charge in [0.1, 0.15) is 11.6 Å². The Bertz CT molecular complexity index is 855. The Labute approximate surface area is 173 Å². The third-order valence-electron chi connectivity index (χ3n) is 3.91. The number of pyridine rings is 1. The van der Waals surface area contributed by atoms with Crippen molar-refractivity contribution in [3.63, 3.8) is 0 Å². The highest BCUT2D eigenvalue weighted by Crippen LogP contribution is 2.29. The highest BCUT2D eigenvalue weighted by Gasteiger charge is 2.20. The molecule has 0 aliphatic carbocycles. The summed E-state index contributed by atoms with van der Waals surface area (Å²) in [6, 6.07) is 3.01. The molecule has 2 aromatic rings. The Morgan fingerprint density at radius 2 is 2.14 bits per heavy atom. The molecule has 2 rings (SSSR count). The fraction of sp³-hybridized carbons (Fsp3) is 0.389. The highest BCUT2D eigenvalue weighted by molar-refractivity contribution is 7.14. The van der Waals surface area contributed by atoms with E-state index < -0.39 is 6.03 Å². The van der Waals surface area contributed by atoms with Crippen molar-refractivity contribution < 1.29 is 9.90 Å². The summed E-state index contributed by atoms with van der Waals surface area (Å²) in [5.74, 6) is 1.15. The maximum Gasteiger partial charge on any atom is 0.338 e. The van der Waals surface area contributed by atoms with Gasteiger partial charge in [0.05, 0.1) is 23.2 Å². The van der Waals surface area contributed by atoms with Gasteiger partial charge in [0.2, 0.25) is 0 Å². The van der Waals surface area contributed by atoms with E-state index in [9.17, 15) is 9.90 Å². The highest BCUT2D eigenvalue weighted by atomic mass is 35.5. The lowest BCUT2D eigenvalue weighted by atomic mass is 9.95. The van der Waals surface area contributed by atoms with Gasteiger partial charge in [-0.2, -0.15) is 0 Å². The van der Waals surface area contributed by atoms with Crippen LogP contribution in [0.15, 0.2) is 17.5 Å². The van der Waals surface area contributed by atoms with Crippen molar-refractivity contribution in [2.45, 2.75) is 26.7 Å². The first-order valence-electron chi connectivity index (χ1n) is 8.75.